The standard InChI is InChI=1S/C18H27NO4S/c20-18(21)16(11-6-4-2-1-3-5-9-13-24)14-15-10-7-8-12-17(15)19(22)23/h7-8,10,12,16,24H,1-6,9,11,13-14H2,(H,20,21). The first-order chi connectivity index (χ1) is 11.6. The summed E-state index contributed by atoms with van der Waals surface area (Å²) in [6.07, 6.45) is 8.51. The van der Waals surface area contributed by atoms with Crippen molar-refractivity contribution >= 4 is 24.3 Å². The molecule has 0 saturated heterocycles. The first-order valence-electron chi connectivity index (χ1n) is 8.62. The number of nitro benzene ring substituents is 1. The molecule has 1 atom stereocenters. The Morgan fingerprint density at radius 2 is 1.67 bits per heavy atom. The van der Waals surface area contributed by atoms with Crippen molar-refractivity contribution in [2.24, 2.45) is 5.92 Å². The molecule has 0 spiro atoms. The van der Waals surface area contributed by atoms with Gasteiger partial charge in [-0.3, -0.25) is 14.9 Å². The lowest BCUT2D eigenvalue weighted by atomic mass is 9.92. The van der Waals surface area contributed by atoms with Gasteiger partial charge < -0.3 is 5.11 Å². The number of unbranched alkanes of at least 4 members (excludes halogenated alkanes) is 6. The molecule has 5 nitrogen and oxygen atoms in total. The van der Waals surface area contributed by atoms with Gasteiger partial charge in [0.25, 0.3) is 5.69 Å². The normalized spacial score (nSPS) is 12.0. The zero-order chi connectivity index (χ0) is 17.8. The van der Waals surface area contributed by atoms with Crippen LogP contribution in [-0.4, -0.2) is 21.8 Å². The summed E-state index contributed by atoms with van der Waals surface area (Å²) in [7, 11) is 0. The number of carboxylic acids is 1. The minimum absolute atomic E-state index is 0.00735. The predicted octanol–water partition coefficient (Wildman–Crippen LogP) is 4.89. The molecular formula is C18H27NO4S. The third-order valence-electron chi connectivity index (χ3n) is 4.21. The lowest BCUT2D eigenvalue weighted by Gasteiger charge is -2.12. The molecule has 0 bridgehead atoms. The SMILES string of the molecule is O=C(O)C(CCCCCCCCCS)Cc1ccccc1[N+](=O)[O-]. The summed E-state index contributed by atoms with van der Waals surface area (Å²) < 4.78 is 0. The molecule has 0 aromatic heterocycles. The van der Waals surface area contributed by atoms with Crippen molar-refractivity contribution in [3.8, 4) is 0 Å². The molecule has 1 N–H and O–H groups in total. The summed E-state index contributed by atoms with van der Waals surface area (Å²) in [4.78, 5) is 22.0. The fourth-order valence-corrected chi connectivity index (χ4v) is 3.05. The molecule has 134 valence electrons. The van der Waals surface area contributed by atoms with Crippen molar-refractivity contribution < 1.29 is 14.8 Å². The number of nitro groups is 1. The number of carboxylic acid groups (broad SMARTS) is 1. The number of hydrogen-bond acceptors (Lipinski definition) is 4. The molecule has 0 radical (unpaired) electrons. The summed E-state index contributed by atoms with van der Waals surface area (Å²) in [5.74, 6) is -0.497. The van der Waals surface area contributed by atoms with Crippen LogP contribution in [-0.2, 0) is 11.2 Å². The van der Waals surface area contributed by atoms with Gasteiger partial charge in [-0.05, 0) is 25.0 Å². The Balaban J connectivity index is 2.40. The van der Waals surface area contributed by atoms with E-state index in [1.54, 1.807) is 18.2 Å². The number of para-hydroxylation sites is 1. The Kier molecular flexibility index (Phi) is 10.2. The van der Waals surface area contributed by atoms with E-state index in [2.05, 4.69) is 12.6 Å². The van der Waals surface area contributed by atoms with Crippen molar-refractivity contribution in [1.82, 2.24) is 0 Å². The molecule has 6 heteroatoms. The molecule has 0 amide bonds. The van der Waals surface area contributed by atoms with E-state index in [1.807, 2.05) is 0 Å². The Labute approximate surface area is 149 Å². The quantitative estimate of drug-likeness (QED) is 0.229. The summed E-state index contributed by atoms with van der Waals surface area (Å²) in [6.45, 7) is 0. The molecule has 0 heterocycles. The minimum atomic E-state index is -0.873. The molecule has 1 aromatic carbocycles. The monoisotopic (exact) mass is 353 g/mol. The van der Waals surface area contributed by atoms with Crippen molar-refractivity contribution in [2.75, 3.05) is 5.75 Å². The topological polar surface area (TPSA) is 80.4 Å². The summed E-state index contributed by atoms with van der Waals surface area (Å²) in [6, 6.07) is 6.39. The highest BCUT2D eigenvalue weighted by Crippen LogP contribution is 2.24. The number of aliphatic carboxylic acids is 1. The van der Waals surface area contributed by atoms with Gasteiger partial charge in [-0.25, -0.2) is 0 Å². The number of carbonyl (C=O) groups is 1. The molecule has 0 fully saturated rings. The maximum atomic E-state index is 11.4. The maximum absolute atomic E-state index is 11.4. The van der Waals surface area contributed by atoms with E-state index >= 15 is 0 Å². The number of benzene rings is 1. The highest BCUT2D eigenvalue weighted by molar-refractivity contribution is 7.80. The number of hydrogen-bond donors (Lipinski definition) is 2. The lowest BCUT2D eigenvalue weighted by molar-refractivity contribution is -0.385. The average Bonchev–Trinajstić information content (AvgIpc) is 2.56. The van der Waals surface area contributed by atoms with Crippen LogP contribution in [0.4, 0.5) is 5.69 Å². The van der Waals surface area contributed by atoms with Crippen LogP contribution < -0.4 is 0 Å². The molecule has 0 aliphatic heterocycles. The Bertz CT molecular complexity index is 521. The van der Waals surface area contributed by atoms with Gasteiger partial charge in [-0.15, -0.1) is 0 Å². The van der Waals surface area contributed by atoms with Gasteiger partial charge in [0.1, 0.15) is 0 Å². The molecule has 1 rings (SSSR count). The van der Waals surface area contributed by atoms with E-state index in [0.29, 0.717) is 12.0 Å². The highest BCUT2D eigenvalue weighted by Gasteiger charge is 2.22. The molecule has 1 unspecified atom stereocenters. The smallest absolute Gasteiger partial charge is 0.306 e. The molecule has 0 saturated carbocycles. The van der Waals surface area contributed by atoms with Crippen LogP contribution >= 0.6 is 12.6 Å². The molecule has 1 aromatic rings. The predicted molar refractivity (Wildman–Crippen MR) is 98.7 cm³/mol. The van der Waals surface area contributed by atoms with E-state index in [4.69, 9.17) is 0 Å². The Hall–Kier alpha value is -1.56. The van der Waals surface area contributed by atoms with E-state index in [9.17, 15) is 20.0 Å². The van der Waals surface area contributed by atoms with Gasteiger partial charge >= 0.3 is 5.97 Å². The zero-order valence-electron chi connectivity index (χ0n) is 14.0. The second-order valence-corrected chi connectivity index (χ2v) is 6.56. The van der Waals surface area contributed by atoms with Crippen molar-refractivity contribution in [3.05, 3.63) is 39.9 Å². The second-order valence-electron chi connectivity index (χ2n) is 6.11. The number of thiol groups is 1. The molecular weight excluding hydrogens is 326 g/mol. The van der Waals surface area contributed by atoms with Crippen LogP contribution in [0.5, 0.6) is 0 Å². The van der Waals surface area contributed by atoms with E-state index in [0.717, 1.165) is 31.4 Å². The zero-order valence-corrected chi connectivity index (χ0v) is 14.9. The Morgan fingerprint density at radius 3 is 2.25 bits per heavy atom. The van der Waals surface area contributed by atoms with Crippen molar-refractivity contribution in [3.63, 3.8) is 0 Å². The van der Waals surface area contributed by atoms with Crippen LogP contribution in [0.25, 0.3) is 0 Å². The summed E-state index contributed by atoms with van der Waals surface area (Å²) in [5.41, 5.74) is 0.509. The van der Waals surface area contributed by atoms with Crippen LogP contribution in [0, 0.1) is 16.0 Å². The van der Waals surface area contributed by atoms with Crippen LogP contribution in [0.2, 0.25) is 0 Å². The highest BCUT2D eigenvalue weighted by atomic mass is 32.1. The fourth-order valence-electron chi connectivity index (χ4n) is 2.83. The largest absolute Gasteiger partial charge is 0.481 e. The van der Waals surface area contributed by atoms with Gasteiger partial charge in [-0.1, -0.05) is 56.7 Å². The van der Waals surface area contributed by atoms with Crippen molar-refractivity contribution in [2.45, 2.75) is 57.8 Å². The van der Waals surface area contributed by atoms with Crippen LogP contribution in [0.15, 0.2) is 24.3 Å². The van der Waals surface area contributed by atoms with E-state index in [-0.39, 0.29) is 12.1 Å². The maximum Gasteiger partial charge on any atom is 0.306 e. The van der Waals surface area contributed by atoms with Gasteiger partial charge in [0.15, 0.2) is 0 Å². The summed E-state index contributed by atoms with van der Waals surface area (Å²) in [5, 5.41) is 20.4. The Morgan fingerprint density at radius 1 is 1.08 bits per heavy atom. The molecule has 24 heavy (non-hydrogen) atoms. The molecule has 0 aliphatic carbocycles. The van der Waals surface area contributed by atoms with Gasteiger partial charge in [0.05, 0.1) is 10.8 Å². The van der Waals surface area contributed by atoms with Crippen LogP contribution in [0.1, 0.15) is 56.9 Å². The fraction of sp³-hybridized carbons (Fsp3) is 0.611. The third-order valence-corrected chi connectivity index (χ3v) is 4.53. The lowest BCUT2D eigenvalue weighted by Crippen LogP contribution is -2.17. The summed E-state index contributed by atoms with van der Waals surface area (Å²) >= 11 is 4.18. The first kappa shape index (κ1) is 20.5. The van der Waals surface area contributed by atoms with Gasteiger partial charge in [0, 0.05) is 11.6 Å². The number of nitrogens with zero attached hydrogens (tertiary/aromatic N) is 1. The third kappa shape index (κ3) is 7.81. The molecule has 0 aliphatic rings. The first-order valence-corrected chi connectivity index (χ1v) is 9.25. The number of rotatable bonds is 13. The van der Waals surface area contributed by atoms with Gasteiger partial charge in [-0.2, -0.15) is 12.6 Å². The van der Waals surface area contributed by atoms with Gasteiger partial charge in [0.2, 0.25) is 0 Å². The minimum Gasteiger partial charge on any atom is -0.481 e. The van der Waals surface area contributed by atoms with Crippen LogP contribution in [0.3, 0.4) is 0 Å². The van der Waals surface area contributed by atoms with E-state index in [1.165, 1.54) is 25.3 Å². The van der Waals surface area contributed by atoms with Crippen molar-refractivity contribution in [1.29, 1.82) is 0 Å². The average molecular weight is 353 g/mol. The second kappa shape index (κ2) is 11.9. The van der Waals surface area contributed by atoms with E-state index < -0.39 is 16.8 Å².